The molecule has 0 radical (unpaired) electrons. The Kier molecular flexibility index (Phi) is 7.10. The van der Waals surface area contributed by atoms with Crippen LogP contribution in [0.25, 0.3) is 5.69 Å². The van der Waals surface area contributed by atoms with E-state index >= 15 is 0 Å². The van der Waals surface area contributed by atoms with Crippen LogP contribution in [0.5, 0.6) is 0 Å². The minimum Gasteiger partial charge on any atom is -0.332 e. The van der Waals surface area contributed by atoms with Gasteiger partial charge in [0.15, 0.2) is 0 Å². The minimum absolute atomic E-state index is 0.0602. The summed E-state index contributed by atoms with van der Waals surface area (Å²) >= 11 is 12.2. The summed E-state index contributed by atoms with van der Waals surface area (Å²) in [6.07, 6.45) is -0.615. The van der Waals surface area contributed by atoms with Gasteiger partial charge in [-0.1, -0.05) is 55.1 Å². The Balaban J connectivity index is 1.74. The summed E-state index contributed by atoms with van der Waals surface area (Å²) in [5.41, 5.74) is 0.175. The lowest BCUT2D eigenvalue weighted by atomic mass is 9.99. The highest BCUT2D eigenvalue weighted by Crippen LogP contribution is 2.42. The number of benzene rings is 2. The van der Waals surface area contributed by atoms with E-state index in [1.165, 1.54) is 16.8 Å². The largest absolute Gasteiger partial charge is 0.417 e. The Hall–Kier alpha value is -2.32. The number of nitrogens with zero attached hydrogens (tertiary/aromatic N) is 4. The third-order valence-electron chi connectivity index (χ3n) is 5.93. The van der Waals surface area contributed by atoms with Gasteiger partial charge in [0.25, 0.3) is 0 Å². The van der Waals surface area contributed by atoms with Crippen molar-refractivity contribution in [1.82, 2.24) is 14.8 Å². The molecule has 1 aromatic heterocycles. The number of aryl methyl sites for hydroxylation is 1. The number of rotatable bonds is 8. The maximum atomic E-state index is 13.6. The van der Waals surface area contributed by atoms with E-state index in [0.29, 0.717) is 24.2 Å². The molecule has 2 aromatic carbocycles. The summed E-state index contributed by atoms with van der Waals surface area (Å²) in [5.74, 6) is 1.17. The summed E-state index contributed by atoms with van der Waals surface area (Å²) < 4.78 is 54.6. The number of halogens is 6. The quantitative estimate of drug-likeness (QED) is 0.287. The monoisotopic (exact) mass is 514 g/mol. The first-order chi connectivity index (χ1) is 16.1. The first-order valence-corrected chi connectivity index (χ1v) is 11.9. The molecule has 1 unspecified atom stereocenters. The van der Waals surface area contributed by atoms with Crippen LogP contribution in [0, 0.1) is 18.7 Å². The van der Waals surface area contributed by atoms with Crippen LogP contribution >= 0.6 is 23.2 Å². The van der Waals surface area contributed by atoms with Crippen LogP contribution in [-0.4, -0.2) is 21.3 Å². The maximum absolute atomic E-state index is 13.6. The number of alkyl halides is 3. The fraction of sp³-hybridized carbons (Fsp3) is 0.417. The molecule has 0 amide bonds. The Morgan fingerprint density at radius 3 is 2.38 bits per heavy atom. The molecular formula is C24H24Cl2F4N4. The molecule has 4 rings (SSSR count). The van der Waals surface area contributed by atoms with Gasteiger partial charge in [0.2, 0.25) is 5.95 Å². The Bertz CT molecular complexity index is 1160. The molecule has 0 N–H and O–H groups in total. The van der Waals surface area contributed by atoms with Gasteiger partial charge in [0.1, 0.15) is 11.6 Å². The van der Waals surface area contributed by atoms with Gasteiger partial charge >= 0.3 is 6.18 Å². The van der Waals surface area contributed by atoms with E-state index in [-0.39, 0.29) is 22.6 Å². The van der Waals surface area contributed by atoms with Crippen molar-refractivity contribution in [1.29, 1.82) is 0 Å². The average molecular weight is 515 g/mol. The molecular weight excluding hydrogens is 491 g/mol. The predicted molar refractivity (Wildman–Crippen MR) is 125 cm³/mol. The maximum Gasteiger partial charge on any atom is 0.417 e. The molecule has 1 aliphatic rings. The van der Waals surface area contributed by atoms with Crippen molar-refractivity contribution in [3.63, 3.8) is 0 Å². The number of hydrogen-bond donors (Lipinski definition) is 0. The molecule has 1 aliphatic carbocycles. The van der Waals surface area contributed by atoms with Crippen LogP contribution in [0.4, 0.5) is 23.5 Å². The lowest BCUT2D eigenvalue weighted by Gasteiger charge is -2.31. The molecule has 0 spiro atoms. The topological polar surface area (TPSA) is 34.0 Å². The zero-order chi connectivity index (χ0) is 24.6. The smallest absolute Gasteiger partial charge is 0.332 e. The molecule has 1 heterocycles. The van der Waals surface area contributed by atoms with E-state index < -0.39 is 16.8 Å². The van der Waals surface area contributed by atoms with Crippen LogP contribution in [0.1, 0.15) is 55.6 Å². The summed E-state index contributed by atoms with van der Waals surface area (Å²) in [5, 5.41) is 4.02. The first kappa shape index (κ1) is 24.8. The second-order valence-electron chi connectivity index (χ2n) is 8.59. The minimum atomic E-state index is -4.62. The second-order valence-corrected chi connectivity index (χ2v) is 9.41. The van der Waals surface area contributed by atoms with Crippen LogP contribution < -0.4 is 4.90 Å². The summed E-state index contributed by atoms with van der Waals surface area (Å²) in [4.78, 5) is 6.70. The standard InChI is InChI=1S/C24H24Cl2F4N4/c1-3-10-33(21(11-15-4-5-15)16-6-8-17(27)9-7-16)23-31-14(2)34(32-23)22-13-19(25)18(12-20(22)26)24(28,29)30/h6-9,12-13,15,21H,3-5,10-11H2,1-2H3. The Labute approximate surface area is 205 Å². The fourth-order valence-corrected chi connectivity index (χ4v) is 4.58. The van der Waals surface area contributed by atoms with Crippen LogP contribution in [0.15, 0.2) is 36.4 Å². The molecule has 1 atom stereocenters. The van der Waals surface area contributed by atoms with E-state index in [1.54, 1.807) is 19.1 Å². The lowest BCUT2D eigenvalue weighted by Crippen LogP contribution is -2.31. The Morgan fingerprint density at radius 2 is 1.79 bits per heavy atom. The van der Waals surface area contributed by atoms with Crippen molar-refractivity contribution in [2.45, 2.75) is 51.7 Å². The van der Waals surface area contributed by atoms with E-state index in [9.17, 15) is 17.6 Å². The molecule has 4 nitrogen and oxygen atoms in total. The predicted octanol–water partition coefficient (Wildman–Crippen LogP) is 7.80. The van der Waals surface area contributed by atoms with Crippen molar-refractivity contribution in [2.75, 3.05) is 11.4 Å². The first-order valence-electron chi connectivity index (χ1n) is 11.1. The van der Waals surface area contributed by atoms with Gasteiger partial charge in [0, 0.05) is 6.54 Å². The van der Waals surface area contributed by atoms with E-state index in [1.807, 2.05) is 6.92 Å². The molecule has 1 fully saturated rings. The number of anilines is 1. The van der Waals surface area contributed by atoms with Gasteiger partial charge in [-0.3, -0.25) is 0 Å². The highest BCUT2D eigenvalue weighted by Gasteiger charge is 2.35. The zero-order valence-electron chi connectivity index (χ0n) is 18.7. The highest BCUT2D eigenvalue weighted by atomic mass is 35.5. The normalized spacial score (nSPS) is 14.9. The number of hydrogen-bond acceptors (Lipinski definition) is 3. The molecule has 1 saturated carbocycles. The van der Waals surface area contributed by atoms with Gasteiger partial charge in [-0.2, -0.15) is 18.2 Å². The number of aromatic nitrogens is 3. The molecule has 34 heavy (non-hydrogen) atoms. The summed E-state index contributed by atoms with van der Waals surface area (Å²) in [6, 6.07) is 8.35. The molecule has 3 aromatic rings. The fourth-order valence-electron chi connectivity index (χ4n) is 4.08. The second kappa shape index (κ2) is 9.74. The van der Waals surface area contributed by atoms with Gasteiger partial charge in [0.05, 0.1) is 27.3 Å². The third-order valence-corrected chi connectivity index (χ3v) is 6.55. The van der Waals surface area contributed by atoms with E-state index in [0.717, 1.165) is 43.4 Å². The van der Waals surface area contributed by atoms with Gasteiger partial charge in [-0.05, 0) is 55.5 Å². The Morgan fingerprint density at radius 1 is 1.12 bits per heavy atom. The van der Waals surface area contributed by atoms with E-state index in [2.05, 4.69) is 15.0 Å². The average Bonchev–Trinajstić information content (AvgIpc) is 3.51. The molecule has 10 heteroatoms. The van der Waals surface area contributed by atoms with Gasteiger partial charge in [-0.25, -0.2) is 9.07 Å². The van der Waals surface area contributed by atoms with Crippen molar-refractivity contribution in [2.24, 2.45) is 5.92 Å². The zero-order valence-corrected chi connectivity index (χ0v) is 20.2. The SMILES string of the molecule is CCCN(c1nc(C)n(-c2cc(Cl)c(C(F)(F)F)cc2Cl)n1)C(CC1CC1)c1ccc(F)cc1. The van der Waals surface area contributed by atoms with Crippen LogP contribution in [0.3, 0.4) is 0 Å². The van der Waals surface area contributed by atoms with Gasteiger partial charge in [-0.15, -0.1) is 5.10 Å². The molecule has 0 bridgehead atoms. The van der Waals surface area contributed by atoms with Gasteiger partial charge < -0.3 is 4.90 Å². The highest BCUT2D eigenvalue weighted by molar-refractivity contribution is 6.35. The van der Waals surface area contributed by atoms with Crippen molar-refractivity contribution in [3.8, 4) is 5.69 Å². The van der Waals surface area contributed by atoms with E-state index in [4.69, 9.17) is 23.2 Å². The summed E-state index contributed by atoms with van der Waals surface area (Å²) in [7, 11) is 0. The molecule has 0 aliphatic heterocycles. The van der Waals surface area contributed by atoms with Crippen molar-refractivity contribution < 1.29 is 17.6 Å². The van der Waals surface area contributed by atoms with Crippen LogP contribution in [-0.2, 0) is 6.18 Å². The third kappa shape index (κ3) is 5.33. The molecule has 182 valence electrons. The lowest BCUT2D eigenvalue weighted by molar-refractivity contribution is -0.137. The molecule has 0 saturated heterocycles. The van der Waals surface area contributed by atoms with Crippen molar-refractivity contribution >= 4 is 29.2 Å². The van der Waals surface area contributed by atoms with Crippen LogP contribution in [0.2, 0.25) is 10.0 Å². The summed E-state index contributed by atoms with van der Waals surface area (Å²) in [6.45, 7) is 4.40. The van der Waals surface area contributed by atoms with Crippen molar-refractivity contribution in [3.05, 3.63) is 69.2 Å².